The molecule has 1 aliphatic rings. The lowest BCUT2D eigenvalue weighted by Gasteiger charge is -2.36. The predicted molar refractivity (Wildman–Crippen MR) is 77.5 cm³/mol. The summed E-state index contributed by atoms with van der Waals surface area (Å²) in [6, 6.07) is 6.60. The number of hydrogen-bond donors (Lipinski definition) is 2. The number of likely N-dealkylation sites (N-methyl/N-ethyl adjacent to an activating group) is 1. The summed E-state index contributed by atoms with van der Waals surface area (Å²) >= 11 is 0. The number of carbonyl (C=O) groups is 1. The lowest BCUT2D eigenvalue weighted by Crippen LogP contribution is -3.19. The van der Waals surface area contributed by atoms with Crippen LogP contribution in [0.4, 0.5) is 10.1 Å². The summed E-state index contributed by atoms with van der Waals surface area (Å²) in [5.41, 5.74) is 1.05. The van der Waals surface area contributed by atoms with Gasteiger partial charge in [-0.15, -0.1) is 0 Å². The number of amides is 1. The highest BCUT2D eigenvalue weighted by Crippen LogP contribution is 2.14. The van der Waals surface area contributed by atoms with E-state index in [1.807, 2.05) is 26.0 Å². The zero-order valence-electron chi connectivity index (χ0n) is 12.2. The van der Waals surface area contributed by atoms with E-state index < -0.39 is 0 Å². The van der Waals surface area contributed by atoms with Gasteiger partial charge in [-0.1, -0.05) is 0 Å². The van der Waals surface area contributed by atoms with Gasteiger partial charge < -0.3 is 15.1 Å². The molecule has 0 saturated carbocycles. The molecule has 2 rings (SSSR count). The highest BCUT2D eigenvalue weighted by molar-refractivity contribution is 5.79. The van der Waals surface area contributed by atoms with Crippen molar-refractivity contribution in [2.45, 2.75) is 19.9 Å². The maximum absolute atomic E-state index is 12.9. The lowest BCUT2D eigenvalue weighted by molar-refractivity contribution is -0.914. The minimum absolute atomic E-state index is 0.00896. The van der Waals surface area contributed by atoms with Crippen LogP contribution in [0.2, 0.25) is 0 Å². The first-order chi connectivity index (χ1) is 9.61. The van der Waals surface area contributed by atoms with Gasteiger partial charge in [0.25, 0.3) is 5.91 Å². The van der Waals surface area contributed by atoms with E-state index in [-0.39, 0.29) is 17.8 Å². The van der Waals surface area contributed by atoms with Crippen molar-refractivity contribution in [1.29, 1.82) is 0 Å². The number of anilines is 1. The Bertz CT molecular complexity index is 441. The zero-order chi connectivity index (χ0) is 14.5. The Kier molecular flexibility index (Phi) is 4.95. The molecule has 0 spiro atoms. The maximum atomic E-state index is 12.9. The molecule has 0 aliphatic carbocycles. The quantitative estimate of drug-likeness (QED) is 0.818. The van der Waals surface area contributed by atoms with Crippen LogP contribution in [0.25, 0.3) is 0 Å². The van der Waals surface area contributed by atoms with E-state index in [0.717, 1.165) is 31.9 Å². The van der Waals surface area contributed by atoms with Gasteiger partial charge in [0.1, 0.15) is 5.82 Å². The number of rotatable bonds is 4. The first kappa shape index (κ1) is 14.8. The van der Waals surface area contributed by atoms with Crippen LogP contribution in [-0.2, 0) is 4.79 Å². The molecule has 0 radical (unpaired) electrons. The van der Waals surface area contributed by atoms with Crippen molar-refractivity contribution in [2.24, 2.45) is 0 Å². The number of piperazine rings is 1. The largest absolute Gasteiger partial charge is 0.360 e. The van der Waals surface area contributed by atoms with Crippen LogP contribution >= 0.6 is 0 Å². The van der Waals surface area contributed by atoms with Gasteiger partial charge >= 0.3 is 0 Å². The van der Waals surface area contributed by atoms with Crippen LogP contribution in [-0.4, -0.2) is 44.7 Å². The van der Waals surface area contributed by atoms with E-state index >= 15 is 0 Å². The molecule has 4 nitrogen and oxygen atoms in total. The normalized spacial score (nSPS) is 17.9. The minimum Gasteiger partial charge on any atom is -0.360 e. The Hall–Kier alpha value is -1.62. The molecule has 1 aromatic carbocycles. The molecule has 0 unspecified atom stereocenters. The molecule has 1 atom stereocenters. The van der Waals surface area contributed by atoms with E-state index in [0.29, 0.717) is 6.54 Å². The number of nitrogens with zero attached hydrogens (tertiary/aromatic N) is 1. The van der Waals surface area contributed by atoms with Crippen molar-refractivity contribution in [3.8, 4) is 0 Å². The molecule has 20 heavy (non-hydrogen) atoms. The molecule has 1 aromatic rings. The van der Waals surface area contributed by atoms with Gasteiger partial charge in [0.05, 0.1) is 26.2 Å². The standard InChI is InChI=1S/C15H22FN3O/c1-3-17-15(20)12(2)18-8-10-19(11-9-18)14-6-4-13(16)5-7-14/h4-7,12H,3,8-11H2,1-2H3,(H,17,20)/p+1/t12-/m0/s1. The molecule has 1 amide bonds. The molecule has 110 valence electrons. The van der Waals surface area contributed by atoms with Crippen LogP contribution in [0, 0.1) is 5.82 Å². The number of hydrogen-bond acceptors (Lipinski definition) is 2. The van der Waals surface area contributed by atoms with Crippen LogP contribution in [0.1, 0.15) is 13.8 Å². The monoisotopic (exact) mass is 280 g/mol. The van der Waals surface area contributed by atoms with Crippen molar-refractivity contribution < 1.29 is 14.1 Å². The lowest BCUT2D eigenvalue weighted by atomic mass is 10.2. The Morgan fingerprint density at radius 2 is 1.95 bits per heavy atom. The van der Waals surface area contributed by atoms with Crippen molar-refractivity contribution in [3.63, 3.8) is 0 Å². The Morgan fingerprint density at radius 3 is 2.50 bits per heavy atom. The molecule has 2 N–H and O–H groups in total. The molecule has 0 aromatic heterocycles. The second kappa shape index (κ2) is 6.70. The minimum atomic E-state index is -0.206. The summed E-state index contributed by atoms with van der Waals surface area (Å²) in [4.78, 5) is 15.4. The Balaban J connectivity index is 1.89. The Morgan fingerprint density at radius 1 is 1.35 bits per heavy atom. The molecular weight excluding hydrogens is 257 g/mol. The van der Waals surface area contributed by atoms with Crippen molar-refractivity contribution in [1.82, 2.24) is 5.32 Å². The van der Waals surface area contributed by atoms with Crippen LogP contribution < -0.4 is 15.1 Å². The van der Waals surface area contributed by atoms with Gasteiger partial charge in [-0.2, -0.15) is 0 Å². The number of halogens is 1. The third kappa shape index (κ3) is 3.48. The molecule has 1 saturated heterocycles. The van der Waals surface area contributed by atoms with Crippen molar-refractivity contribution in [3.05, 3.63) is 30.1 Å². The summed E-state index contributed by atoms with van der Waals surface area (Å²) in [5, 5.41) is 2.88. The fourth-order valence-corrected chi connectivity index (χ4v) is 2.65. The molecular formula is C15H23FN3O+. The van der Waals surface area contributed by atoms with Crippen LogP contribution in [0.3, 0.4) is 0 Å². The zero-order valence-corrected chi connectivity index (χ0v) is 12.2. The second-order valence-electron chi connectivity index (χ2n) is 5.24. The van der Waals surface area contributed by atoms with E-state index in [1.54, 1.807) is 0 Å². The van der Waals surface area contributed by atoms with Gasteiger partial charge in [0.2, 0.25) is 0 Å². The SMILES string of the molecule is CCNC(=O)[C@H](C)[NH+]1CCN(c2ccc(F)cc2)CC1. The molecule has 5 heteroatoms. The topological polar surface area (TPSA) is 36.8 Å². The second-order valence-corrected chi connectivity index (χ2v) is 5.24. The fraction of sp³-hybridized carbons (Fsp3) is 0.533. The summed E-state index contributed by atoms with van der Waals surface area (Å²) in [7, 11) is 0. The van der Waals surface area contributed by atoms with Crippen LogP contribution in [0.15, 0.2) is 24.3 Å². The van der Waals surface area contributed by atoms with Crippen LogP contribution in [0.5, 0.6) is 0 Å². The molecule has 1 fully saturated rings. The number of carbonyl (C=O) groups excluding carboxylic acids is 1. The fourth-order valence-electron chi connectivity index (χ4n) is 2.65. The van der Waals surface area contributed by atoms with E-state index in [2.05, 4.69) is 10.2 Å². The first-order valence-electron chi connectivity index (χ1n) is 7.24. The molecule has 1 aliphatic heterocycles. The highest BCUT2D eigenvalue weighted by Gasteiger charge is 2.28. The third-order valence-corrected chi connectivity index (χ3v) is 3.95. The van der Waals surface area contributed by atoms with Gasteiger partial charge in [-0.3, -0.25) is 4.79 Å². The van der Waals surface area contributed by atoms with Gasteiger partial charge in [-0.05, 0) is 38.1 Å². The first-order valence-corrected chi connectivity index (χ1v) is 7.24. The summed E-state index contributed by atoms with van der Waals surface area (Å²) in [5.74, 6) is -0.0828. The number of quaternary nitrogens is 1. The van der Waals surface area contributed by atoms with Gasteiger partial charge in [-0.25, -0.2) is 4.39 Å². The summed E-state index contributed by atoms with van der Waals surface area (Å²) in [6.07, 6.45) is 0. The van der Waals surface area contributed by atoms with E-state index in [4.69, 9.17) is 0 Å². The summed E-state index contributed by atoms with van der Waals surface area (Å²) < 4.78 is 12.9. The van der Waals surface area contributed by atoms with E-state index in [1.165, 1.54) is 17.0 Å². The van der Waals surface area contributed by atoms with Gasteiger partial charge in [0, 0.05) is 12.2 Å². The van der Waals surface area contributed by atoms with Crippen molar-refractivity contribution >= 4 is 11.6 Å². The predicted octanol–water partition coefficient (Wildman–Crippen LogP) is 0.0552. The average molecular weight is 280 g/mol. The van der Waals surface area contributed by atoms with Gasteiger partial charge in [0.15, 0.2) is 6.04 Å². The maximum Gasteiger partial charge on any atom is 0.278 e. The number of benzene rings is 1. The highest BCUT2D eigenvalue weighted by atomic mass is 19.1. The molecule has 0 bridgehead atoms. The smallest absolute Gasteiger partial charge is 0.278 e. The van der Waals surface area contributed by atoms with Crippen molar-refractivity contribution in [2.75, 3.05) is 37.6 Å². The summed E-state index contributed by atoms with van der Waals surface area (Å²) in [6.45, 7) is 8.24. The number of nitrogens with one attached hydrogen (secondary N) is 2. The van der Waals surface area contributed by atoms with E-state index in [9.17, 15) is 9.18 Å². The molecule has 1 heterocycles. The third-order valence-electron chi connectivity index (χ3n) is 3.95. The average Bonchev–Trinajstić information content (AvgIpc) is 2.48. The Labute approximate surface area is 119 Å².